The van der Waals surface area contributed by atoms with Gasteiger partial charge in [-0.2, -0.15) is 0 Å². The summed E-state index contributed by atoms with van der Waals surface area (Å²) in [6, 6.07) is 0. The van der Waals surface area contributed by atoms with Crippen molar-refractivity contribution in [3.05, 3.63) is 12.7 Å². The van der Waals surface area contributed by atoms with Gasteiger partial charge in [0.25, 0.3) is 0 Å². The third kappa shape index (κ3) is 4.67. The van der Waals surface area contributed by atoms with Gasteiger partial charge in [0.1, 0.15) is 12.2 Å². The van der Waals surface area contributed by atoms with Crippen molar-refractivity contribution in [2.45, 2.75) is 57.8 Å². The van der Waals surface area contributed by atoms with Crippen molar-refractivity contribution in [2.24, 2.45) is 5.92 Å². The molecular formula is C14H22O5. The van der Waals surface area contributed by atoms with Gasteiger partial charge in [-0.25, -0.2) is 4.79 Å². The van der Waals surface area contributed by atoms with Crippen LogP contribution in [0, 0.1) is 5.92 Å². The van der Waals surface area contributed by atoms with Gasteiger partial charge in [0, 0.05) is 12.5 Å². The van der Waals surface area contributed by atoms with Gasteiger partial charge in [-0.3, -0.25) is 4.79 Å². The Labute approximate surface area is 113 Å². The molecule has 0 amide bonds. The molecule has 19 heavy (non-hydrogen) atoms. The van der Waals surface area contributed by atoms with Crippen LogP contribution in [0.1, 0.15) is 39.5 Å². The second-order valence-electron chi connectivity index (χ2n) is 4.93. The minimum absolute atomic E-state index is 0.163. The highest BCUT2D eigenvalue weighted by Crippen LogP contribution is 2.25. The van der Waals surface area contributed by atoms with Crippen molar-refractivity contribution in [1.82, 2.24) is 0 Å². The lowest BCUT2D eigenvalue weighted by molar-refractivity contribution is -0.169. The Kier molecular flexibility index (Phi) is 6.02. The van der Waals surface area contributed by atoms with Crippen LogP contribution in [0.4, 0.5) is 0 Å². The Balaban J connectivity index is 2.44. The normalized spacial score (nSPS) is 28.3. The van der Waals surface area contributed by atoms with E-state index in [4.69, 9.17) is 9.47 Å². The van der Waals surface area contributed by atoms with Gasteiger partial charge >= 0.3 is 11.9 Å². The quantitative estimate of drug-likeness (QED) is 0.606. The first-order chi connectivity index (χ1) is 8.97. The van der Waals surface area contributed by atoms with Crippen LogP contribution in [0.15, 0.2) is 12.7 Å². The Bertz CT molecular complexity index is 339. The summed E-state index contributed by atoms with van der Waals surface area (Å²) >= 11 is 0. The predicted molar refractivity (Wildman–Crippen MR) is 69.3 cm³/mol. The molecule has 1 fully saturated rings. The van der Waals surface area contributed by atoms with Gasteiger partial charge in [-0.05, 0) is 19.3 Å². The molecule has 4 unspecified atom stereocenters. The summed E-state index contributed by atoms with van der Waals surface area (Å²) < 4.78 is 10.4. The molecule has 0 bridgehead atoms. The first-order valence-electron chi connectivity index (χ1n) is 6.69. The maximum atomic E-state index is 11.7. The molecule has 1 rings (SSSR count). The Morgan fingerprint density at radius 3 is 2.63 bits per heavy atom. The average Bonchev–Trinajstić information content (AvgIpc) is 2.40. The number of esters is 2. The molecule has 108 valence electrons. The molecule has 0 spiro atoms. The zero-order valence-corrected chi connectivity index (χ0v) is 11.5. The number of hydrogen-bond acceptors (Lipinski definition) is 5. The molecule has 0 heterocycles. The molecule has 0 aromatic carbocycles. The van der Waals surface area contributed by atoms with Crippen LogP contribution < -0.4 is 0 Å². The fraction of sp³-hybridized carbons (Fsp3) is 0.714. The summed E-state index contributed by atoms with van der Waals surface area (Å²) in [6.07, 6.45) is 1.55. The standard InChI is InChI=1S/C14H22O5/c1-4-9(3)14(17)19-12-7-6-10(8-11(12)15)18-13(16)5-2/h5,9-12,15H,2,4,6-8H2,1,3H3. The van der Waals surface area contributed by atoms with E-state index in [0.29, 0.717) is 19.3 Å². The van der Waals surface area contributed by atoms with E-state index in [1.165, 1.54) is 0 Å². The van der Waals surface area contributed by atoms with Crippen molar-refractivity contribution >= 4 is 11.9 Å². The number of rotatable bonds is 5. The minimum atomic E-state index is -0.788. The van der Waals surface area contributed by atoms with E-state index in [1.807, 2.05) is 6.92 Å². The Morgan fingerprint density at radius 1 is 1.42 bits per heavy atom. The highest BCUT2D eigenvalue weighted by Gasteiger charge is 2.33. The Hall–Kier alpha value is -1.36. The van der Waals surface area contributed by atoms with E-state index < -0.39 is 18.2 Å². The number of carbonyl (C=O) groups is 2. The van der Waals surface area contributed by atoms with E-state index in [0.717, 1.165) is 6.08 Å². The van der Waals surface area contributed by atoms with Crippen LogP contribution >= 0.6 is 0 Å². The van der Waals surface area contributed by atoms with Crippen LogP contribution in [-0.4, -0.2) is 35.4 Å². The molecule has 0 radical (unpaired) electrons. The molecule has 0 aromatic heterocycles. The summed E-state index contributed by atoms with van der Waals surface area (Å²) in [5.74, 6) is -0.941. The van der Waals surface area contributed by atoms with Gasteiger partial charge in [0.2, 0.25) is 0 Å². The highest BCUT2D eigenvalue weighted by molar-refractivity contribution is 5.81. The largest absolute Gasteiger partial charge is 0.459 e. The molecule has 4 atom stereocenters. The summed E-state index contributed by atoms with van der Waals surface area (Å²) in [5.41, 5.74) is 0. The molecular weight excluding hydrogens is 248 g/mol. The van der Waals surface area contributed by atoms with Gasteiger partial charge < -0.3 is 14.6 Å². The summed E-state index contributed by atoms with van der Waals surface area (Å²) in [4.78, 5) is 22.7. The second kappa shape index (κ2) is 7.28. The molecule has 1 N–H and O–H groups in total. The Morgan fingerprint density at radius 2 is 2.11 bits per heavy atom. The highest BCUT2D eigenvalue weighted by atomic mass is 16.6. The van der Waals surface area contributed by atoms with Gasteiger partial charge in [-0.1, -0.05) is 20.4 Å². The second-order valence-corrected chi connectivity index (χ2v) is 4.93. The lowest BCUT2D eigenvalue weighted by Gasteiger charge is -2.32. The van der Waals surface area contributed by atoms with E-state index in [-0.39, 0.29) is 24.4 Å². The van der Waals surface area contributed by atoms with Crippen molar-refractivity contribution in [3.8, 4) is 0 Å². The monoisotopic (exact) mass is 270 g/mol. The lowest BCUT2D eigenvalue weighted by atomic mass is 9.92. The van der Waals surface area contributed by atoms with Crippen LogP contribution in [0.5, 0.6) is 0 Å². The number of aliphatic hydroxyl groups excluding tert-OH is 1. The minimum Gasteiger partial charge on any atom is -0.459 e. The molecule has 1 aliphatic rings. The van der Waals surface area contributed by atoms with Crippen molar-refractivity contribution < 1.29 is 24.2 Å². The predicted octanol–water partition coefficient (Wildman–Crippen LogP) is 1.59. The SMILES string of the molecule is C=CC(=O)OC1CCC(OC(=O)C(C)CC)C(O)C1. The smallest absolute Gasteiger partial charge is 0.330 e. The van der Waals surface area contributed by atoms with Crippen LogP contribution in [0.3, 0.4) is 0 Å². The molecule has 1 saturated carbocycles. The number of ether oxygens (including phenoxy) is 2. The van der Waals surface area contributed by atoms with Crippen molar-refractivity contribution in [2.75, 3.05) is 0 Å². The van der Waals surface area contributed by atoms with Crippen molar-refractivity contribution in [3.63, 3.8) is 0 Å². The molecule has 1 aliphatic carbocycles. The van der Waals surface area contributed by atoms with E-state index in [2.05, 4.69) is 6.58 Å². The fourth-order valence-corrected chi connectivity index (χ4v) is 1.97. The zero-order chi connectivity index (χ0) is 14.4. The molecule has 5 nitrogen and oxygen atoms in total. The van der Waals surface area contributed by atoms with Crippen molar-refractivity contribution in [1.29, 1.82) is 0 Å². The van der Waals surface area contributed by atoms with Crippen LogP contribution in [0.25, 0.3) is 0 Å². The molecule has 0 saturated heterocycles. The number of hydrogen-bond donors (Lipinski definition) is 1. The zero-order valence-electron chi connectivity index (χ0n) is 11.5. The number of carbonyl (C=O) groups excluding carboxylic acids is 2. The molecule has 0 aromatic rings. The van der Waals surface area contributed by atoms with Gasteiger partial charge in [-0.15, -0.1) is 0 Å². The third-order valence-electron chi connectivity index (χ3n) is 3.44. The third-order valence-corrected chi connectivity index (χ3v) is 3.44. The first-order valence-corrected chi connectivity index (χ1v) is 6.69. The topological polar surface area (TPSA) is 72.8 Å². The number of aliphatic hydroxyl groups is 1. The maximum absolute atomic E-state index is 11.7. The van der Waals surface area contributed by atoms with Crippen LogP contribution in [0.2, 0.25) is 0 Å². The molecule has 5 heteroatoms. The van der Waals surface area contributed by atoms with E-state index >= 15 is 0 Å². The molecule has 0 aliphatic heterocycles. The lowest BCUT2D eigenvalue weighted by Crippen LogP contribution is -2.41. The van der Waals surface area contributed by atoms with Gasteiger partial charge in [0.05, 0.1) is 12.0 Å². The fourth-order valence-electron chi connectivity index (χ4n) is 1.97. The van der Waals surface area contributed by atoms with Crippen LogP contribution in [-0.2, 0) is 19.1 Å². The summed E-state index contributed by atoms with van der Waals surface area (Å²) in [7, 11) is 0. The van der Waals surface area contributed by atoms with E-state index in [1.54, 1.807) is 6.92 Å². The average molecular weight is 270 g/mol. The first kappa shape index (κ1) is 15.7. The summed E-state index contributed by atoms with van der Waals surface area (Å²) in [5, 5.41) is 9.93. The maximum Gasteiger partial charge on any atom is 0.330 e. The summed E-state index contributed by atoms with van der Waals surface area (Å²) in [6.45, 7) is 7.03. The van der Waals surface area contributed by atoms with E-state index in [9.17, 15) is 14.7 Å². The van der Waals surface area contributed by atoms with Gasteiger partial charge in [0.15, 0.2) is 0 Å².